The second-order valence-electron chi connectivity index (χ2n) is 6.52. The Kier molecular flexibility index (Phi) is 10.7. The molecule has 0 aliphatic carbocycles. The highest BCUT2D eigenvalue weighted by molar-refractivity contribution is 5.91. The fraction of sp³-hybridized carbons (Fsp3) is 0.476. The van der Waals surface area contributed by atoms with Crippen LogP contribution in [-0.4, -0.2) is 43.9 Å². The number of ketones is 1. The molecule has 0 bridgehead atoms. The molecule has 2 N–H and O–H groups in total. The van der Waals surface area contributed by atoms with E-state index >= 15 is 0 Å². The smallest absolute Gasteiger partial charge is 0.239 e. The number of rotatable bonds is 13. The van der Waals surface area contributed by atoms with Crippen molar-refractivity contribution in [2.24, 2.45) is 0 Å². The Hall–Kier alpha value is -2.47. The fourth-order valence-electron chi connectivity index (χ4n) is 2.65. The zero-order valence-electron chi connectivity index (χ0n) is 16.3. The van der Waals surface area contributed by atoms with Crippen LogP contribution >= 0.6 is 0 Å². The molecule has 0 fully saturated rings. The van der Waals surface area contributed by atoms with Gasteiger partial charge in [0, 0.05) is 13.5 Å². The van der Waals surface area contributed by atoms with Gasteiger partial charge in [0.15, 0.2) is 5.78 Å². The maximum Gasteiger partial charge on any atom is 0.239 e. The summed E-state index contributed by atoms with van der Waals surface area (Å²) in [5, 5.41) is 5.29. The van der Waals surface area contributed by atoms with Gasteiger partial charge in [-0.2, -0.15) is 0 Å². The summed E-state index contributed by atoms with van der Waals surface area (Å²) in [7, 11) is 1.44. The average molecular weight is 374 g/mol. The summed E-state index contributed by atoms with van der Waals surface area (Å²) in [5.74, 6) is -0.771. The zero-order chi connectivity index (χ0) is 20.1. The van der Waals surface area contributed by atoms with E-state index in [4.69, 9.17) is 4.74 Å². The third-order valence-corrected chi connectivity index (χ3v) is 4.04. The molecular weight excluding hydrogens is 344 g/mol. The number of ether oxygens (including phenoxy) is 1. The summed E-state index contributed by atoms with van der Waals surface area (Å²) >= 11 is 0. The second-order valence-corrected chi connectivity index (χ2v) is 6.52. The molecule has 0 heterocycles. The molecule has 27 heavy (non-hydrogen) atoms. The first-order chi connectivity index (χ1) is 13.0. The van der Waals surface area contributed by atoms with E-state index in [2.05, 4.69) is 17.2 Å². The minimum atomic E-state index is -0.691. The number of hydrogen-bond acceptors (Lipinski definition) is 4. The number of hydrogen-bond donors (Lipinski definition) is 2. The van der Waals surface area contributed by atoms with Gasteiger partial charge in [0.2, 0.25) is 11.8 Å². The molecule has 0 saturated carbocycles. The molecule has 0 aromatic heterocycles. The number of nitrogens with one attached hydrogen (secondary N) is 2. The third-order valence-electron chi connectivity index (χ3n) is 4.04. The lowest BCUT2D eigenvalue weighted by molar-refractivity contribution is -0.130. The van der Waals surface area contributed by atoms with Crippen molar-refractivity contribution in [2.45, 2.75) is 45.1 Å². The van der Waals surface area contributed by atoms with Gasteiger partial charge in [-0.3, -0.25) is 14.4 Å². The highest BCUT2D eigenvalue weighted by Gasteiger charge is 2.21. The van der Waals surface area contributed by atoms with Crippen LogP contribution in [0.5, 0.6) is 0 Å². The van der Waals surface area contributed by atoms with E-state index in [0.717, 1.165) is 30.4 Å². The lowest BCUT2D eigenvalue weighted by Crippen LogP contribution is -2.47. The van der Waals surface area contributed by atoms with Crippen LogP contribution in [0.2, 0.25) is 0 Å². The monoisotopic (exact) mass is 374 g/mol. The van der Waals surface area contributed by atoms with Crippen LogP contribution in [0.1, 0.15) is 36.8 Å². The molecule has 1 unspecified atom stereocenters. The van der Waals surface area contributed by atoms with Crippen molar-refractivity contribution in [1.82, 2.24) is 10.6 Å². The van der Waals surface area contributed by atoms with E-state index in [1.54, 1.807) is 0 Å². The minimum Gasteiger partial charge on any atom is -0.377 e. The number of amides is 2. The van der Waals surface area contributed by atoms with Crippen molar-refractivity contribution in [1.29, 1.82) is 0 Å². The van der Waals surface area contributed by atoms with Crippen molar-refractivity contribution in [3.05, 3.63) is 48.0 Å². The first-order valence-electron chi connectivity index (χ1n) is 9.20. The predicted octanol–water partition coefficient (Wildman–Crippen LogP) is 2.10. The molecule has 0 aliphatic rings. The summed E-state index contributed by atoms with van der Waals surface area (Å²) in [5.41, 5.74) is 2.04. The first kappa shape index (κ1) is 22.6. The average Bonchev–Trinajstić information content (AvgIpc) is 2.63. The Bertz CT molecular complexity index is 643. The maximum atomic E-state index is 12.3. The highest BCUT2D eigenvalue weighted by Crippen LogP contribution is 2.08. The number of allylic oxidation sites excluding steroid dienone is 1. The molecular formula is C21H30N2O4. The van der Waals surface area contributed by atoms with Gasteiger partial charge in [-0.05, 0) is 38.2 Å². The number of unbranched alkanes of at least 4 members (excludes halogenated alkanes) is 2. The van der Waals surface area contributed by atoms with Gasteiger partial charge < -0.3 is 15.4 Å². The fourth-order valence-corrected chi connectivity index (χ4v) is 2.65. The number of carbonyl (C=O) groups excluding carboxylic acids is 3. The zero-order valence-corrected chi connectivity index (χ0v) is 16.3. The molecule has 2 amide bonds. The van der Waals surface area contributed by atoms with Crippen LogP contribution in [0.4, 0.5) is 0 Å². The standard InChI is InChI=1S/C21H30N2O4/c1-4-5-6-7-11-20(25)22-14-21(26)23-18(19(24)15-27-3)13-17-10-8-9-16(2)12-17/h4,8-10,12,18H,1,5-7,11,13-15H2,2-3H3,(H,22,25)(H,23,26). The summed E-state index contributed by atoms with van der Waals surface area (Å²) in [4.78, 5) is 36.2. The molecule has 1 aromatic carbocycles. The molecule has 1 atom stereocenters. The second kappa shape index (κ2) is 12.8. The summed E-state index contributed by atoms with van der Waals surface area (Å²) in [6.45, 7) is 5.38. The largest absolute Gasteiger partial charge is 0.377 e. The Balaban J connectivity index is 2.53. The summed E-state index contributed by atoms with van der Waals surface area (Å²) < 4.78 is 4.91. The van der Waals surface area contributed by atoms with Gasteiger partial charge in [-0.25, -0.2) is 0 Å². The lowest BCUT2D eigenvalue weighted by atomic mass is 10.0. The predicted molar refractivity (Wildman–Crippen MR) is 105 cm³/mol. The summed E-state index contributed by atoms with van der Waals surface area (Å²) in [6.07, 6.45) is 5.09. The van der Waals surface area contributed by atoms with E-state index in [1.165, 1.54) is 7.11 Å². The normalized spacial score (nSPS) is 11.5. The van der Waals surface area contributed by atoms with Gasteiger partial charge >= 0.3 is 0 Å². The molecule has 0 spiro atoms. The van der Waals surface area contributed by atoms with Crippen molar-refractivity contribution < 1.29 is 19.1 Å². The Morgan fingerprint density at radius 1 is 1.22 bits per heavy atom. The van der Waals surface area contributed by atoms with Crippen molar-refractivity contribution in [3.63, 3.8) is 0 Å². The van der Waals surface area contributed by atoms with Crippen LogP contribution in [0.3, 0.4) is 0 Å². The quantitative estimate of drug-likeness (QED) is 0.409. The molecule has 6 heteroatoms. The van der Waals surface area contributed by atoms with E-state index in [9.17, 15) is 14.4 Å². The molecule has 1 rings (SSSR count). The van der Waals surface area contributed by atoms with Crippen LogP contribution in [-0.2, 0) is 25.5 Å². The highest BCUT2D eigenvalue weighted by atomic mass is 16.5. The lowest BCUT2D eigenvalue weighted by Gasteiger charge is -2.18. The van der Waals surface area contributed by atoms with E-state index in [-0.39, 0.29) is 24.8 Å². The van der Waals surface area contributed by atoms with Gasteiger partial charge in [0.05, 0.1) is 12.6 Å². The van der Waals surface area contributed by atoms with Crippen LogP contribution < -0.4 is 10.6 Å². The maximum absolute atomic E-state index is 12.3. The van der Waals surface area contributed by atoms with Crippen LogP contribution in [0.15, 0.2) is 36.9 Å². The minimum absolute atomic E-state index is 0.0770. The molecule has 1 aromatic rings. The van der Waals surface area contributed by atoms with Crippen molar-refractivity contribution in [2.75, 3.05) is 20.3 Å². The SMILES string of the molecule is C=CCCCCC(=O)NCC(=O)NC(Cc1cccc(C)c1)C(=O)COC. The topological polar surface area (TPSA) is 84.5 Å². The molecule has 0 radical (unpaired) electrons. The van der Waals surface area contributed by atoms with E-state index in [1.807, 2.05) is 37.3 Å². The van der Waals surface area contributed by atoms with Gasteiger partial charge in [-0.15, -0.1) is 6.58 Å². The third kappa shape index (κ3) is 9.70. The van der Waals surface area contributed by atoms with E-state index < -0.39 is 11.9 Å². The van der Waals surface area contributed by atoms with Crippen molar-refractivity contribution >= 4 is 17.6 Å². The van der Waals surface area contributed by atoms with Crippen LogP contribution in [0, 0.1) is 6.92 Å². The molecule has 0 aliphatic heterocycles. The molecule has 0 saturated heterocycles. The Morgan fingerprint density at radius 2 is 2.00 bits per heavy atom. The van der Waals surface area contributed by atoms with Gasteiger partial charge in [0.25, 0.3) is 0 Å². The number of methoxy groups -OCH3 is 1. The number of benzene rings is 1. The Morgan fingerprint density at radius 3 is 2.67 bits per heavy atom. The van der Waals surface area contributed by atoms with Gasteiger partial charge in [-0.1, -0.05) is 35.9 Å². The van der Waals surface area contributed by atoms with Crippen LogP contribution in [0.25, 0.3) is 0 Å². The van der Waals surface area contributed by atoms with Gasteiger partial charge in [0.1, 0.15) is 6.61 Å². The van der Waals surface area contributed by atoms with Crippen molar-refractivity contribution in [3.8, 4) is 0 Å². The van der Waals surface area contributed by atoms with E-state index in [0.29, 0.717) is 12.8 Å². The molecule has 6 nitrogen and oxygen atoms in total. The number of Topliss-reactive ketones (excluding diaryl/α,β-unsaturated/α-hetero) is 1. The first-order valence-corrected chi connectivity index (χ1v) is 9.20. The molecule has 148 valence electrons. The summed E-state index contributed by atoms with van der Waals surface area (Å²) in [6, 6.07) is 7.08. The Labute approximate surface area is 161 Å². The number of carbonyl (C=O) groups is 3. The number of aryl methyl sites for hydroxylation is 1.